The van der Waals surface area contributed by atoms with Gasteiger partial charge in [0.1, 0.15) is 0 Å². The van der Waals surface area contributed by atoms with Gasteiger partial charge in [-0.2, -0.15) is 4.99 Å². The molecule has 0 spiro atoms. The van der Waals surface area contributed by atoms with Crippen molar-refractivity contribution in [1.82, 2.24) is 4.57 Å². The Labute approximate surface area is 151 Å². The van der Waals surface area contributed by atoms with Gasteiger partial charge in [0.2, 0.25) is 0 Å². The first-order valence-electron chi connectivity index (χ1n) is 8.45. The number of benzene rings is 2. The zero-order valence-corrected chi connectivity index (χ0v) is 15.3. The lowest BCUT2D eigenvalue weighted by Crippen LogP contribution is -2.21. The molecule has 0 saturated carbocycles. The summed E-state index contributed by atoms with van der Waals surface area (Å²) >= 11 is 1.55. The van der Waals surface area contributed by atoms with E-state index < -0.39 is 0 Å². The maximum Gasteiger partial charge on any atom is 0.255 e. The molecule has 0 bridgehead atoms. The van der Waals surface area contributed by atoms with E-state index in [0.717, 1.165) is 27.0 Å². The van der Waals surface area contributed by atoms with Crippen LogP contribution in [-0.2, 0) is 16.1 Å². The van der Waals surface area contributed by atoms with Gasteiger partial charge in [-0.25, -0.2) is 0 Å². The molecule has 0 aliphatic carbocycles. The normalized spacial score (nSPS) is 13.3. The Morgan fingerprint density at radius 2 is 1.88 bits per heavy atom. The lowest BCUT2D eigenvalue weighted by molar-refractivity contribution is -0.119. The standard InChI is InChI=1S/C20H22N2O2S/c1-3-16(15-9-5-4-6-10-15)19(23)21-20-22(13-14-24-2)17-11-7-8-12-18(17)25-20/h4-12,16H,3,13-14H2,1-2H3/t16-/m0/s1. The van der Waals surface area contributed by atoms with Crippen LogP contribution in [0.15, 0.2) is 59.6 Å². The first kappa shape index (κ1) is 17.6. The second-order valence-corrected chi connectivity index (χ2v) is 6.83. The average Bonchev–Trinajstić information content (AvgIpc) is 2.98. The monoisotopic (exact) mass is 354 g/mol. The van der Waals surface area contributed by atoms with E-state index in [1.54, 1.807) is 18.4 Å². The molecule has 1 amide bonds. The number of hydrogen-bond acceptors (Lipinski definition) is 3. The number of hydrogen-bond donors (Lipinski definition) is 0. The summed E-state index contributed by atoms with van der Waals surface area (Å²) in [5.41, 5.74) is 2.10. The van der Waals surface area contributed by atoms with Crippen molar-refractivity contribution in [3.05, 3.63) is 65.0 Å². The molecule has 0 N–H and O–H groups in total. The molecular weight excluding hydrogens is 332 g/mol. The molecule has 130 valence electrons. The number of nitrogens with zero attached hydrogens (tertiary/aromatic N) is 2. The lowest BCUT2D eigenvalue weighted by Gasteiger charge is -2.11. The van der Waals surface area contributed by atoms with Gasteiger partial charge in [-0.15, -0.1) is 0 Å². The number of carbonyl (C=O) groups excluding carboxylic acids is 1. The molecule has 0 aliphatic heterocycles. The highest BCUT2D eigenvalue weighted by atomic mass is 32.1. The Hall–Kier alpha value is -2.24. The molecule has 0 aliphatic rings. The van der Waals surface area contributed by atoms with E-state index in [-0.39, 0.29) is 11.8 Å². The third-order valence-corrected chi connectivity index (χ3v) is 5.28. The third kappa shape index (κ3) is 3.89. The molecule has 0 unspecified atom stereocenters. The molecule has 0 radical (unpaired) electrons. The van der Waals surface area contributed by atoms with Gasteiger partial charge in [-0.3, -0.25) is 4.79 Å². The fourth-order valence-electron chi connectivity index (χ4n) is 2.92. The SMILES string of the molecule is CC[C@H](C(=O)N=c1sc2ccccc2n1CCOC)c1ccccc1. The minimum absolute atomic E-state index is 0.0913. The van der Waals surface area contributed by atoms with E-state index in [0.29, 0.717) is 13.2 Å². The Balaban J connectivity index is 2.03. The second kappa shape index (κ2) is 8.23. The number of thiazole rings is 1. The molecule has 0 fully saturated rings. The van der Waals surface area contributed by atoms with Crippen molar-refractivity contribution in [2.75, 3.05) is 13.7 Å². The largest absolute Gasteiger partial charge is 0.383 e. The Morgan fingerprint density at radius 3 is 2.60 bits per heavy atom. The molecule has 3 aromatic rings. The minimum Gasteiger partial charge on any atom is -0.383 e. The Bertz CT molecular complexity index is 912. The van der Waals surface area contributed by atoms with Crippen molar-refractivity contribution in [2.24, 2.45) is 4.99 Å². The van der Waals surface area contributed by atoms with Gasteiger partial charge in [0, 0.05) is 13.7 Å². The van der Waals surface area contributed by atoms with Gasteiger partial charge < -0.3 is 9.30 Å². The molecule has 5 heteroatoms. The van der Waals surface area contributed by atoms with Crippen LogP contribution >= 0.6 is 11.3 Å². The maximum absolute atomic E-state index is 12.8. The smallest absolute Gasteiger partial charge is 0.255 e. The number of para-hydroxylation sites is 1. The van der Waals surface area contributed by atoms with Gasteiger partial charge in [-0.05, 0) is 24.1 Å². The van der Waals surface area contributed by atoms with Gasteiger partial charge in [-0.1, -0.05) is 60.7 Å². The maximum atomic E-state index is 12.8. The van der Waals surface area contributed by atoms with E-state index in [1.165, 1.54) is 0 Å². The molecule has 3 rings (SSSR count). The molecule has 0 saturated heterocycles. The van der Waals surface area contributed by atoms with Crippen LogP contribution in [-0.4, -0.2) is 24.2 Å². The van der Waals surface area contributed by atoms with Gasteiger partial charge in [0.25, 0.3) is 5.91 Å². The first-order valence-corrected chi connectivity index (χ1v) is 9.27. The predicted octanol–water partition coefficient (Wildman–Crippen LogP) is 3.97. The molecule has 1 atom stereocenters. The highest BCUT2D eigenvalue weighted by Gasteiger charge is 2.18. The van der Waals surface area contributed by atoms with Crippen molar-refractivity contribution in [3.63, 3.8) is 0 Å². The van der Waals surface area contributed by atoms with E-state index in [1.807, 2.05) is 49.4 Å². The predicted molar refractivity (Wildman–Crippen MR) is 102 cm³/mol. The third-order valence-electron chi connectivity index (χ3n) is 4.22. The summed E-state index contributed by atoms with van der Waals surface area (Å²) in [5.74, 6) is -0.297. The van der Waals surface area contributed by atoms with Crippen LogP contribution in [0.2, 0.25) is 0 Å². The van der Waals surface area contributed by atoms with Crippen LogP contribution in [0.25, 0.3) is 10.2 Å². The average molecular weight is 354 g/mol. The van der Waals surface area contributed by atoms with Gasteiger partial charge >= 0.3 is 0 Å². The Kier molecular flexibility index (Phi) is 5.79. The minimum atomic E-state index is -0.206. The quantitative estimate of drug-likeness (QED) is 0.672. The molecule has 1 aromatic heterocycles. The molecular formula is C20H22N2O2S. The molecule has 25 heavy (non-hydrogen) atoms. The number of carbonyl (C=O) groups is 1. The van der Waals surface area contributed by atoms with Gasteiger partial charge in [0.05, 0.1) is 22.7 Å². The number of fused-ring (bicyclic) bond motifs is 1. The van der Waals surface area contributed by atoms with Crippen molar-refractivity contribution >= 4 is 27.5 Å². The van der Waals surface area contributed by atoms with E-state index in [4.69, 9.17) is 4.74 Å². The van der Waals surface area contributed by atoms with Crippen LogP contribution < -0.4 is 4.80 Å². The highest BCUT2D eigenvalue weighted by molar-refractivity contribution is 7.16. The van der Waals surface area contributed by atoms with Crippen LogP contribution in [0, 0.1) is 0 Å². The number of amides is 1. The van der Waals surface area contributed by atoms with Gasteiger partial charge in [0.15, 0.2) is 4.80 Å². The highest BCUT2D eigenvalue weighted by Crippen LogP contribution is 2.21. The zero-order valence-electron chi connectivity index (χ0n) is 14.5. The summed E-state index contributed by atoms with van der Waals surface area (Å²) in [6.07, 6.45) is 0.731. The second-order valence-electron chi connectivity index (χ2n) is 5.82. The van der Waals surface area contributed by atoms with E-state index in [9.17, 15) is 4.79 Å². The van der Waals surface area contributed by atoms with Crippen LogP contribution in [0.5, 0.6) is 0 Å². The fraction of sp³-hybridized carbons (Fsp3) is 0.300. The number of ether oxygens (including phenoxy) is 1. The summed E-state index contributed by atoms with van der Waals surface area (Å²) in [6, 6.07) is 18.0. The van der Waals surface area contributed by atoms with E-state index >= 15 is 0 Å². The number of methoxy groups -OCH3 is 1. The van der Waals surface area contributed by atoms with Crippen molar-refractivity contribution in [1.29, 1.82) is 0 Å². The number of aromatic nitrogens is 1. The zero-order chi connectivity index (χ0) is 17.6. The van der Waals surface area contributed by atoms with Crippen LogP contribution in [0.1, 0.15) is 24.8 Å². The summed E-state index contributed by atoms with van der Waals surface area (Å²) in [4.78, 5) is 18.1. The van der Waals surface area contributed by atoms with E-state index in [2.05, 4.69) is 21.7 Å². The summed E-state index contributed by atoms with van der Waals surface area (Å²) < 4.78 is 8.41. The summed E-state index contributed by atoms with van der Waals surface area (Å²) in [7, 11) is 1.68. The first-order chi connectivity index (χ1) is 12.2. The molecule has 2 aromatic carbocycles. The topological polar surface area (TPSA) is 43.6 Å². The molecule has 1 heterocycles. The van der Waals surface area contributed by atoms with Crippen molar-refractivity contribution in [3.8, 4) is 0 Å². The van der Waals surface area contributed by atoms with Crippen molar-refractivity contribution in [2.45, 2.75) is 25.8 Å². The summed E-state index contributed by atoms with van der Waals surface area (Å²) in [5, 5.41) is 0. The van der Waals surface area contributed by atoms with Crippen LogP contribution in [0.3, 0.4) is 0 Å². The fourth-order valence-corrected chi connectivity index (χ4v) is 3.98. The number of rotatable bonds is 6. The lowest BCUT2D eigenvalue weighted by atomic mass is 9.96. The molecule has 4 nitrogen and oxygen atoms in total. The van der Waals surface area contributed by atoms with Crippen molar-refractivity contribution < 1.29 is 9.53 Å². The summed E-state index contributed by atoms with van der Waals surface area (Å²) in [6.45, 7) is 3.28. The van der Waals surface area contributed by atoms with Crippen LogP contribution in [0.4, 0.5) is 0 Å². The Morgan fingerprint density at radius 1 is 1.16 bits per heavy atom.